The Kier molecular flexibility index (Phi) is 5.39. The van der Waals surface area contributed by atoms with Crippen LogP contribution in [0.25, 0.3) is 11.2 Å². The van der Waals surface area contributed by atoms with Crippen molar-refractivity contribution in [1.82, 2.24) is 29.3 Å². The molecular formula is C18H20N6O4. The van der Waals surface area contributed by atoms with E-state index in [-0.39, 0.29) is 24.1 Å². The summed E-state index contributed by atoms with van der Waals surface area (Å²) in [6.07, 6.45) is 1.37. The lowest BCUT2D eigenvalue weighted by molar-refractivity contribution is -0.120. The van der Waals surface area contributed by atoms with Gasteiger partial charge in [-0.15, -0.1) is 0 Å². The molecule has 2 aromatic heterocycles. The summed E-state index contributed by atoms with van der Waals surface area (Å²) in [7, 11) is 2.90. The highest BCUT2D eigenvalue weighted by Crippen LogP contribution is 2.06. The Balaban J connectivity index is 1.61. The SMILES string of the molecule is Cn1c(=O)c2c(ncn2CCC(=O)NC(=O)NCc2ccccc2)n(C)c1=O. The molecule has 0 fully saturated rings. The van der Waals surface area contributed by atoms with Crippen molar-refractivity contribution in [3.8, 4) is 0 Å². The van der Waals surface area contributed by atoms with Gasteiger partial charge in [-0.25, -0.2) is 14.6 Å². The van der Waals surface area contributed by atoms with E-state index in [0.29, 0.717) is 6.54 Å². The molecule has 0 saturated heterocycles. The highest BCUT2D eigenvalue weighted by atomic mass is 16.2. The average Bonchev–Trinajstić information content (AvgIpc) is 3.12. The summed E-state index contributed by atoms with van der Waals surface area (Å²) < 4.78 is 3.75. The highest BCUT2D eigenvalue weighted by molar-refractivity contribution is 5.94. The highest BCUT2D eigenvalue weighted by Gasteiger charge is 2.15. The molecule has 3 amide bonds. The van der Waals surface area contributed by atoms with Crippen molar-refractivity contribution in [1.29, 1.82) is 0 Å². The molecule has 28 heavy (non-hydrogen) atoms. The molecule has 10 heteroatoms. The van der Waals surface area contributed by atoms with Gasteiger partial charge in [-0.3, -0.25) is 24.0 Å². The third-order valence-electron chi connectivity index (χ3n) is 4.35. The van der Waals surface area contributed by atoms with E-state index in [1.54, 1.807) is 0 Å². The van der Waals surface area contributed by atoms with Gasteiger partial charge in [0.15, 0.2) is 11.2 Å². The molecule has 0 atom stereocenters. The fourth-order valence-electron chi connectivity index (χ4n) is 2.80. The molecule has 3 rings (SSSR count). The minimum Gasteiger partial charge on any atom is -0.334 e. The molecule has 0 bridgehead atoms. The first-order valence-corrected chi connectivity index (χ1v) is 8.61. The van der Waals surface area contributed by atoms with Crippen molar-refractivity contribution >= 4 is 23.1 Å². The smallest absolute Gasteiger partial charge is 0.332 e. The van der Waals surface area contributed by atoms with Gasteiger partial charge in [0, 0.05) is 33.6 Å². The largest absolute Gasteiger partial charge is 0.334 e. The second-order valence-corrected chi connectivity index (χ2v) is 6.28. The predicted octanol–water partition coefficient (Wildman–Crippen LogP) is -0.150. The molecule has 0 unspecified atom stereocenters. The molecule has 0 spiro atoms. The van der Waals surface area contributed by atoms with E-state index in [0.717, 1.165) is 10.1 Å². The van der Waals surface area contributed by atoms with E-state index in [9.17, 15) is 19.2 Å². The third kappa shape index (κ3) is 3.85. The van der Waals surface area contributed by atoms with Gasteiger partial charge in [0.2, 0.25) is 5.91 Å². The molecule has 10 nitrogen and oxygen atoms in total. The van der Waals surface area contributed by atoms with E-state index in [1.165, 1.54) is 29.6 Å². The van der Waals surface area contributed by atoms with Gasteiger partial charge in [-0.05, 0) is 5.56 Å². The number of carbonyl (C=O) groups excluding carboxylic acids is 2. The zero-order chi connectivity index (χ0) is 20.3. The predicted molar refractivity (Wildman–Crippen MR) is 102 cm³/mol. The third-order valence-corrected chi connectivity index (χ3v) is 4.35. The van der Waals surface area contributed by atoms with Crippen LogP contribution in [0.15, 0.2) is 46.2 Å². The maximum absolute atomic E-state index is 12.3. The molecule has 0 radical (unpaired) electrons. The molecule has 146 valence electrons. The Morgan fingerprint density at radius 3 is 2.50 bits per heavy atom. The van der Waals surface area contributed by atoms with Crippen LogP contribution in [0.4, 0.5) is 4.79 Å². The van der Waals surface area contributed by atoms with Crippen LogP contribution in [0.1, 0.15) is 12.0 Å². The monoisotopic (exact) mass is 384 g/mol. The van der Waals surface area contributed by atoms with E-state index in [2.05, 4.69) is 15.6 Å². The summed E-state index contributed by atoms with van der Waals surface area (Å²) in [6.45, 7) is 0.442. The molecule has 0 saturated carbocycles. The van der Waals surface area contributed by atoms with Crippen molar-refractivity contribution in [3.63, 3.8) is 0 Å². The summed E-state index contributed by atoms with van der Waals surface area (Å²) in [5, 5.41) is 4.85. The number of carbonyl (C=O) groups is 2. The summed E-state index contributed by atoms with van der Waals surface area (Å²) in [5.41, 5.74) is 0.420. The molecule has 0 aliphatic carbocycles. The molecule has 0 aliphatic heterocycles. The van der Waals surface area contributed by atoms with Crippen LogP contribution in [-0.2, 0) is 32.0 Å². The van der Waals surface area contributed by atoms with Gasteiger partial charge in [0.1, 0.15) is 0 Å². The van der Waals surface area contributed by atoms with Crippen LogP contribution >= 0.6 is 0 Å². The number of nitrogens with zero attached hydrogens (tertiary/aromatic N) is 4. The normalized spacial score (nSPS) is 10.8. The van der Waals surface area contributed by atoms with Crippen LogP contribution in [0, 0.1) is 0 Å². The van der Waals surface area contributed by atoms with E-state index in [1.807, 2.05) is 30.3 Å². The van der Waals surface area contributed by atoms with Crippen molar-refractivity contribution in [2.45, 2.75) is 19.5 Å². The van der Waals surface area contributed by atoms with Crippen LogP contribution in [0.3, 0.4) is 0 Å². The fourth-order valence-corrected chi connectivity index (χ4v) is 2.80. The number of imidazole rings is 1. The van der Waals surface area contributed by atoms with Crippen molar-refractivity contribution in [2.24, 2.45) is 14.1 Å². The van der Waals surface area contributed by atoms with Crippen molar-refractivity contribution < 1.29 is 9.59 Å². The zero-order valence-electron chi connectivity index (χ0n) is 15.5. The first-order valence-electron chi connectivity index (χ1n) is 8.61. The van der Waals surface area contributed by atoms with Crippen LogP contribution in [-0.4, -0.2) is 30.6 Å². The number of amides is 3. The number of rotatable bonds is 5. The maximum Gasteiger partial charge on any atom is 0.332 e. The lowest BCUT2D eigenvalue weighted by atomic mass is 10.2. The standard InChI is InChI=1S/C18H20N6O4/c1-22-15-14(16(26)23(2)18(22)28)24(11-20-15)9-8-13(25)21-17(27)19-10-12-6-4-3-5-7-12/h3-7,11H,8-10H2,1-2H3,(H2,19,21,25,27). The van der Waals surface area contributed by atoms with Gasteiger partial charge in [-0.2, -0.15) is 0 Å². The maximum atomic E-state index is 12.3. The molecule has 2 N–H and O–H groups in total. The number of fused-ring (bicyclic) bond motifs is 1. The topological polar surface area (TPSA) is 120 Å². The number of hydrogen-bond donors (Lipinski definition) is 2. The second kappa shape index (κ2) is 7.91. The Morgan fingerprint density at radius 1 is 1.07 bits per heavy atom. The van der Waals surface area contributed by atoms with Gasteiger partial charge in [0.25, 0.3) is 5.56 Å². The Morgan fingerprint density at radius 2 is 1.79 bits per heavy atom. The Bertz CT molecular complexity index is 1140. The van der Waals surface area contributed by atoms with Gasteiger partial charge in [0.05, 0.1) is 6.33 Å². The number of aryl methyl sites for hydroxylation is 2. The Labute approximate surface area is 159 Å². The average molecular weight is 384 g/mol. The van der Waals surface area contributed by atoms with E-state index >= 15 is 0 Å². The number of benzene rings is 1. The van der Waals surface area contributed by atoms with Gasteiger partial charge >= 0.3 is 11.7 Å². The number of nitrogens with one attached hydrogen (secondary N) is 2. The van der Waals surface area contributed by atoms with Crippen LogP contribution in [0.5, 0.6) is 0 Å². The van der Waals surface area contributed by atoms with Gasteiger partial charge < -0.3 is 9.88 Å². The number of hydrogen-bond acceptors (Lipinski definition) is 5. The Hall–Kier alpha value is -3.69. The minimum atomic E-state index is -0.595. The quantitative estimate of drug-likeness (QED) is 0.634. The first-order chi connectivity index (χ1) is 13.4. The minimum absolute atomic E-state index is 0.0315. The van der Waals surface area contributed by atoms with Crippen LogP contribution < -0.4 is 21.9 Å². The zero-order valence-corrected chi connectivity index (χ0v) is 15.5. The number of aromatic nitrogens is 4. The lowest BCUT2D eigenvalue weighted by Crippen LogP contribution is -2.39. The van der Waals surface area contributed by atoms with E-state index < -0.39 is 23.2 Å². The van der Waals surface area contributed by atoms with Crippen LogP contribution in [0.2, 0.25) is 0 Å². The molecular weight excluding hydrogens is 364 g/mol. The number of urea groups is 1. The van der Waals surface area contributed by atoms with E-state index in [4.69, 9.17) is 0 Å². The fraction of sp³-hybridized carbons (Fsp3) is 0.278. The molecule has 1 aromatic carbocycles. The molecule has 0 aliphatic rings. The summed E-state index contributed by atoms with van der Waals surface area (Å²) in [6, 6.07) is 8.71. The summed E-state index contributed by atoms with van der Waals surface area (Å²) in [4.78, 5) is 52.2. The molecule has 2 heterocycles. The first kappa shape index (κ1) is 19.1. The van der Waals surface area contributed by atoms with Crippen molar-refractivity contribution in [2.75, 3.05) is 0 Å². The molecule has 3 aromatic rings. The summed E-state index contributed by atoms with van der Waals surface area (Å²) >= 11 is 0. The number of imide groups is 1. The second-order valence-electron chi connectivity index (χ2n) is 6.28. The van der Waals surface area contributed by atoms with Crippen molar-refractivity contribution in [3.05, 3.63) is 63.1 Å². The summed E-state index contributed by atoms with van der Waals surface area (Å²) in [5.74, 6) is -0.492. The lowest BCUT2D eigenvalue weighted by Gasteiger charge is -2.08. The van der Waals surface area contributed by atoms with Gasteiger partial charge in [-0.1, -0.05) is 30.3 Å².